The number of carbonyl (C=O) groups is 8. The normalized spacial score (nSPS) is 14.6. The van der Waals surface area contributed by atoms with Gasteiger partial charge in [0, 0.05) is 6.42 Å². The molecule has 0 heterocycles. The molecule has 7 amide bonds. The lowest BCUT2D eigenvalue weighted by atomic mass is 10.0. The van der Waals surface area contributed by atoms with Crippen LogP contribution < -0.4 is 43.4 Å². The van der Waals surface area contributed by atoms with Crippen LogP contribution in [-0.2, 0) is 44.8 Å². The maximum absolute atomic E-state index is 12.9. The van der Waals surface area contributed by atoms with Gasteiger partial charge in [-0.2, -0.15) is 0 Å². The van der Waals surface area contributed by atoms with Gasteiger partial charge < -0.3 is 48.5 Å². The quantitative estimate of drug-likeness (QED) is 0.0732. The number of carboxylic acid groups (broad SMARTS) is 1. The van der Waals surface area contributed by atoms with Gasteiger partial charge in [0.05, 0.1) is 19.0 Å². The molecule has 0 aliphatic carbocycles. The molecule has 0 unspecified atom stereocenters. The molecule has 6 atom stereocenters. The SMILES string of the molecule is CC(C)C[C@H](NC(=O)CNC(=O)[C@H](C)N)C(=O)N[C@@H](C)C(=O)N[C@@H](C)C(=O)N[C@@H](CC(N)=O)C(=O)N[C@@H](Cc1ccccc1)C(=O)O. The van der Waals surface area contributed by atoms with Crippen LogP contribution in [-0.4, -0.2) is 95.2 Å². The molecule has 1 aromatic rings. The highest BCUT2D eigenvalue weighted by molar-refractivity contribution is 5.97. The van der Waals surface area contributed by atoms with E-state index in [1.54, 1.807) is 30.3 Å². The Hall–Kier alpha value is -5.06. The monoisotopic (exact) mass is 662 g/mol. The van der Waals surface area contributed by atoms with Crippen LogP contribution in [0, 0.1) is 5.92 Å². The van der Waals surface area contributed by atoms with E-state index in [2.05, 4.69) is 31.9 Å². The highest BCUT2D eigenvalue weighted by Crippen LogP contribution is 2.07. The smallest absolute Gasteiger partial charge is 0.326 e. The van der Waals surface area contributed by atoms with Crippen LogP contribution in [0.2, 0.25) is 0 Å². The van der Waals surface area contributed by atoms with E-state index in [0.29, 0.717) is 5.56 Å². The summed E-state index contributed by atoms with van der Waals surface area (Å²) in [5.41, 5.74) is 11.3. The summed E-state index contributed by atoms with van der Waals surface area (Å²) in [6, 6.07) is 1.22. The lowest BCUT2D eigenvalue weighted by molar-refractivity contribution is -0.142. The zero-order valence-electron chi connectivity index (χ0n) is 27.1. The van der Waals surface area contributed by atoms with Crippen LogP contribution in [0.5, 0.6) is 0 Å². The second kappa shape index (κ2) is 19.5. The Balaban J connectivity index is 2.83. The van der Waals surface area contributed by atoms with Gasteiger partial charge in [0.2, 0.25) is 41.4 Å². The molecule has 11 N–H and O–H groups in total. The first-order valence-electron chi connectivity index (χ1n) is 15.0. The molecule has 0 saturated carbocycles. The Morgan fingerprint density at radius 3 is 1.70 bits per heavy atom. The topological polar surface area (TPSA) is 281 Å². The third kappa shape index (κ3) is 15.2. The average Bonchev–Trinajstić information content (AvgIpc) is 2.98. The van der Waals surface area contributed by atoms with Crippen LogP contribution in [0.1, 0.15) is 53.0 Å². The number of primary amides is 1. The fourth-order valence-electron chi connectivity index (χ4n) is 4.09. The van der Waals surface area contributed by atoms with Crippen molar-refractivity contribution in [3.05, 3.63) is 35.9 Å². The van der Waals surface area contributed by atoms with Crippen LogP contribution in [0.15, 0.2) is 30.3 Å². The number of carbonyl (C=O) groups excluding carboxylic acids is 7. The number of rotatable bonds is 19. The number of carboxylic acids is 1. The van der Waals surface area contributed by atoms with Gasteiger partial charge in [0.1, 0.15) is 30.2 Å². The minimum absolute atomic E-state index is 0.0350. The third-order valence-corrected chi connectivity index (χ3v) is 6.64. The first-order chi connectivity index (χ1) is 21.9. The summed E-state index contributed by atoms with van der Waals surface area (Å²) >= 11 is 0. The fourth-order valence-corrected chi connectivity index (χ4v) is 4.09. The maximum atomic E-state index is 12.9. The van der Waals surface area contributed by atoms with Crippen molar-refractivity contribution in [2.45, 2.75) is 90.1 Å². The van der Waals surface area contributed by atoms with E-state index in [9.17, 15) is 43.5 Å². The molecule has 0 aliphatic heterocycles. The second-order valence-electron chi connectivity index (χ2n) is 11.5. The molecule has 0 bridgehead atoms. The van der Waals surface area contributed by atoms with Crippen LogP contribution >= 0.6 is 0 Å². The minimum Gasteiger partial charge on any atom is -0.480 e. The van der Waals surface area contributed by atoms with Gasteiger partial charge in [-0.3, -0.25) is 33.6 Å². The summed E-state index contributed by atoms with van der Waals surface area (Å²) < 4.78 is 0. The molecule has 0 aromatic heterocycles. The molecule has 0 fully saturated rings. The lowest BCUT2D eigenvalue weighted by Gasteiger charge is -2.24. The molecular formula is C30H46N8O9. The summed E-state index contributed by atoms with van der Waals surface area (Å²) in [5, 5.41) is 23.9. The van der Waals surface area contributed by atoms with E-state index >= 15 is 0 Å². The number of nitrogens with two attached hydrogens (primary N) is 2. The number of amides is 7. The Morgan fingerprint density at radius 2 is 1.19 bits per heavy atom. The van der Waals surface area contributed by atoms with Crippen molar-refractivity contribution >= 4 is 47.3 Å². The van der Waals surface area contributed by atoms with Crippen molar-refractivity contribution < 1.29 is 43.5 Å². The molecule has 0 aliphatic rings. The number of nitrogens with one attached hydrogen (secondary N) is 6. The van der Waals surface area contributed by atoms with Gasteiger partial charge in [0.25, 0.3) is 0 Å². The van der Waals surface area contributed by atoms with Crippen molar-refractivity contribution in [3.63, 3.8) is 0 Å². The maximum Gasteiger partial charge on any atom is 0.326 e. The van der Waals surface area contributed by atoms with Gasteiger partial charge in [0.15, 0.2) is 0 Å². The van der Waals surface area contributed by atoms with E-state index < -0.39 is 96.5 Å². The average molecular weight is 663 g/mol. The standard InChI is InChI=1S/C30H46N8O9/c1-15(2)11-20(36-24(40)14-33-25(41)16(3)31)28(44)35-17(4)26(42)34-18(5)27(43)37-21(13-23(32)39)29(45)38-22(30(46)47)12-19-9-7-6-8-10-19/h6-10,15-18,20-22H,11-14,31H2,1-5H3,(H2,32,39)(H,33,41)(H,34,42)(H,35,44)(H,36,40)(H,37,43)(H,38,45)(H,46,47)/t16-,17-,18-,20-,21-,22-/m0/s1. The van der Waals surface area contributed by atoms with Gasteiger partial charge in [-0.15, -0.1) is 0 Å². The molecule has 17 nitrogen and oxygen atoms in total. The van der Waals surface area contributed by atoms with Crippen LogP contribution in [0.4, 0.5) is 0 Å². The molecular weight excluding hydrogens is 616 g/mol. The molecule has 0 spiro atoms. The highest BCUT2D eigenvalue weighted by Gasteiger charge is 2.31. The zero-order chi connectivity index (χ0) is 35.8. The van der Waals surface area contributed by atoms with Crippen LogP contribution in [0.3, 0.4) is 0 Å². The van der Waals surface area contributed by atoms with Crippen molar-refractivity contribution in [1.29, 1.82) is 0 Å². The largest absolute Gasteiger partial charge is 0.480 e. The van der Waals surface area contributed by atoms with Gasteiger partial charge in [-0.1, -0.05) is 44.2 Å². The van der Waals surface area contributed by atoms with E-state index in [-0.39, 0.29) is 18.8 Å². The summed E-state index contributed by atoms with van der Waals surface area (Å²) in [6.45, 7) is 7.30. The van der Waals surface area contributed by atoms with Crippen molar-refractivity contribution in [3.8, 4) is 0 Å². The lowest BCUT2D eigenvalue weighted by Crippen LogP contribution is -2.58. The fraction of sp³-hybridized carbons (Fsp3) is 0.533. The summed E-state index contributed by atoms with van der Waals surface area (Å²) in [5.74, 6) is -6.88. The van der Waals surface area contributed by atoms with Gasteiger partial charge in [-0.25, -0.2) is 4.79 Å². The summed E-state index contributed by atoms with van der Waals surface area (Å²) in [6.07, 6.45) is -0.509. The molecule has 1 aromatic carbocycles. The number of benzene rings is 1. The van der Waals surface area contributed by atoms with Crippen LogP contribution in [0.25, 0.3) is 0 Å². The van der Waals surface area contributed by atoms with E-state index in [4.69, 9.17) is 11.5 Å². The van der Waals surface area contributed by atoms with Gasteiger partial charge in [-0.05, 0) is 38.7 Å². The Morgan fingerprint density at radius 1 is 0.681 bits per heavy atom. The molecule has 0 saturated heterocycles. The van der Waals surface area contributed by atoms with Gasteiger partial charge >= 0.3 is 5.97 Å². The Bertz CT molecular complexity index is 1290. The second-order valence-corrected chi connectivity index (χ2v) is 11.5. The summed E-state index contributed by atoms with van der Waals surface area (Å²) in [7, 11) is 0. The molecule has 260 valence electrons. The van der Waals surface area contributed by atoms with E-state index in [0.717, 1.165) is 0 Å². The van der Waals surface area contributed by atoms with E-state index in [1.807, 2.05) is 13.8 Å². The minimum atomic E-state index is -1.55. The van der Waals surface area contributed by atoms with Crippen molar-refractivity contribution in [2.24, 2.45) is 17.4 Å². The predicted octanol–water partition coefficient (Wildman–Crippen LogP) is -2.84. The Labute approximate surface area is 272 Å². The highest BCUT2D eigenvalue weighted by atomic mass is 16.4. The molecule has 0 radical (unpaired) electrons. The molecule has 1 rings (SSSR count). The Kier molecular flexibility index (Phi) is 16.5. The van der Waals surface area contributed by atoms with Crippen molar-refractivity contribution in [2.75, 3.05) is 6.54 Å². The first kappa shape index (κ1) is 40.0. The van der Waals surface area contributed by atoms with Crippen molar-refractivity contribution in [1.82, 2.24) is 31.9 Å². The summed E-state index contributed by atoms with van der Waals surface area (Å²) in [4.78, 5) is 99.0. The molecule has 17 heteroatoms. The number of hydrogen-bond donors (Lipinski definition) is 9. The zero-order valence-corrected chi connectivity index (χ0v) is 27.1. The molecule has 47 heavy (non-hydrogen) atoms. The van der Waals surface area contributed by atoms with E-state index in [1.165, 1.54) is 20.8 Å². The number of hydrogen-bond acceptors (Lipinski definition) is 9. The predicted molar refractivity (Wildman–Crippen MR) is 169 cm³/mol. The first-order valence-corrected chi connectivity index (χ1v) is 15.0. The third-order valence-electron chi connectivity index (χ3n) is 6.64. The number of aliphatic carboxylic acids is 1.